The molecular weight excluding hydrogens is 279 g/mol. The SMILES string of the molecule is CSC1CCCCC1Nc1ccc(C(N)=S)cc1F. The molecule has 1 aliphatic rings. The molecule has 19 heavy (non-hydrogen) atoms. The lowest BCUT2D eigenvalue weighted by molar-refractivity contribution is 0.473. The second-order valence-electron chi connectivity index (χ2n) is 4.87. The van der Waals surface area contributed by atoms with Crippen molar-refractivity contribution in [2.24, 2.45) is 5.73 Å². The highest BCUT2D eigenvalue weighted by atomic mass is 32.2. The number of nitrogens with one attached hydrogen (secondary N) is 1. The predicted octanol–water partition coefficient (Wildman–Crippen LogP) is 3.55. The Kier molecular flexibility index (Phi) is 5.05. The van der Waals surface area contributed by atoms with Gasteiger partial charge in [0.15, 0.2) is 0 Å². The maximum absolute atomic E-state index is 14.0. The van der Waals surface area contributed by atoms with Gasteiger partial charge >= 0.3 is 0 Å². The zero-order valence-electron chi connectivity index (χ0n) is 11.0. The summed E-state index contributed by atoms with van der Waals surface area (Å²) in [7, 11) is 0. The molecule has 0 aromatic heterocycles. The number of thioether (sulfide) groups is 1. The quantitative estimate of drug-likeness (QED) is 0.834. The second-order valence-corrected chi connectivity index (χ2v) is 6.39. The summed E-state index contributed by atoms with van der Waals surface area (Å²) in [6.45, 7) is 0. The van der Waals surface area contributed by atoms with Gasteiger partial charge in [-0.2, -0.15) is 11.8 Å². The highest BCUT2D eigenvalue weighted by molar-refractivity contribution is 7.99. The van der Waals surface area contributed by atoms with Crippen LogP contribution in [-0.4, -0.2) is 22.5 Å². The molecule has 0 radical (unpaired) electrons. The van der Waals surface area contributed by atoms with Crippen LogP contribution in [0, 0.1) is 5.82 Å². The van der Waals surface area contributed by atoms with Crippen LogP contribution in [0.25, 0.3) is 0 Å². The number of halogens is 1. The van der Waals surface area contributed by atoms with Gasteiger partial charge in [-0.15, -0.1) is 0 Å². The molecule has 0 amide bonds. The Labute approximate surface area is 123 Å². The van der Waals surface area contributed by atoms with E-state index in [1.54, 1.807) is 12.1 Å². The first-order chi connectivity index (χ1) is 9.11. The molecule has 2 unspecified atom stereocenters. The van der Waals surface area contributed by atoms with Crippen molar-refractivity contribution in [1.29, 1.82) is 0 Å². The van der Waals surface area contributed by atoms with E-state index in [-0.39, 0.29) is 10.8 Å². The van der Waals surface area contributed by atoms with Crippen LogP contribution in [-0.2, 0) is 0 Å². The first kappa shape index (κ1) is 14.6. The fraction of sp³-hybridized carbons (Fsp3) is 0.500. The third-order valence-corrected chi connectivity index (χ3v) is 5.01. The first-order valence-corrected chi connectivity index (χ1v) is 8.20. The summed E-state index contributed by atoms with van der Waals surface area (Å²) in [6, 6.07) is 5.25. The number of rotatable bonds is 4. The van der Waals surface area contributed by atoms with Gasteiger partial charge in [0.1, 0.15) is 10.8 Å². The third-order valence-electron chi connectivity index (χ3n) is 3.60. The zero-order valence-corrected chi connectivity index (χ0v) is 12.6. The fourth-order valence-corrected chi connectivity index (χ4v) is 3.59. The second kappa shape index (κ2) is 6.57. The van der Waals surface area contributed by atoms with E-state index in [4.69, 9.17) is 18.0 Å². The minimum absolute atomic E-state index is 0.227. The summed E-state index contributed by atoms with van der Waals surface area (Å²) in [6.07, 6.45) is 6.90. The molecule has 1 saturated carbocycles. The molecule has 104 valence electrons. The maximum Gasteiger partial charge on any atom is 0.146 e. The van der Waals surface area contributed by atoms with Gasteiger partial charge in [0.2, 0.25) is 0 Å². The molecule has 2 nitrogen and oxygen atoms in total. The van der Waals surface area contributed by atoms with E-state index >= 15 is 0 Å². The predicted molar refractivity (Wildman–Crippen MR) is 85.5 cm³/mol. The molecule has 0 saturated heterocycles. The number of hydrogen-bond donors (Lipinski definition) is 2. The van der Waals surface area contributed by atoms with E-state index in [0.29, 0.717) is 22.5 Å². The normalized spacial score (nSPS) is 23.1. The summed E-state index contributed by atoms with van der Waals surface area (Å²) >= 11 is 6.71. The van der Waals surface area contributed by atoms with Crippen molar-refractivity contribution in [2.45, 2.75) is 37.0 Å². The number of hydrogen-bond acceptors (Lipinski definition) is 3. The first-order valence-electron chi connectivity index (χ1n) is 6.50. The van der Waals surface area contributed by atoms with Crippen molar-refractivity contribution in [3.8, 4) is 0 Å². The molecule has 0 bridgehead atoms. The van der Waals surface area contributed by atoms with E-state index in [0.717, 1.165) is 6.42 Å². The van der Waals surface area contributed by atoms with Crippen molar-refractivity contribution in [1.82, 2.24) is 0 Å². The minimum Gasteiger partial charge on any atom is -0.389 e. The zero-order chi connectivity index (χ0) is 13.8. The number of thiocarbonyl (C=S) groups is 1. The van der Waals surface area contributed by atoms with Crippen LogP contribution in [0.1, 0.15) is 31.2 Å². The summed E-state index contributed by atoms with van der Waals surface area (Å²) in [4.78, 5) is 0.227. The van der Waals surface area contributed by atoms with Crippen LogP contribution in [0.4, 0.5) is 10.1 Å². The molecule has 0 heterocycles. The van der Waals surface area contributed by atoms with Gasteiger partial charge in [0.25, 0.3) is 0 Å². The molecule has 3 N–H and O–H groups in total. The smallest absolute Gasteiger partial charge is 0.146 e. The van der Waals surface area contributed by atoms with E-state index < -0.39 is 0 Å². The summed E-state index contributed by atoms with van der Waals surface area (Å²) < 4.78 is 14.0. The van der Waals surface area contributed by atoms with Crippen LogP contribution in [0.15, 0.2) is 18.2 Å². The van der Waals surface area contributed by atoms with Gasteiger partial charge < -0.3 is 11.1 Å². The molecule has 5 heteroatoms. The summed E-state index contributed by atoms with van der Waals surface area (Å²) in [5.74, 6) is -0.282. The van der Waals surface area contributed by atoms with Crippen LogP contribution >= 0.6 is 24.0 Å². The van der Waals surface area contributed by atoms with Crippen LogP contribution in [0.2, 0.25) is 0 Å². The monoisotopic (exact) mass is 298 g/mol. The lowest BCUT2D eigenvalue weighted by Gasteiger charge is -2.31. The van der Waals surface area contributed by atoms with Gasteiger partial charge in [-0.1, -0.05) is 25.1 Å². The number of nitrogens with two attached hydrogens (primary N) is 1. The van der Waals surface area contributed by atoms with Gasteiger partial charge in [-0.05, 0) is 37.3 Å². The topological polar surface area (TPSA) is 38.0 Å². The van der Waals surface area contributed by atoms with Crippen molar-refractivity contribution in [3.05, 3.63) is 29.6 Å². The van der Waals surface area contributed by atoms with E-state index in [1.165, 1.54) is 25.3 Å². The molecule has 1 aliphatic carbocycles. The van der Waals surface area contributed by atoms with E-state index in [1.807, 2.05) is 11.8 Å². The van der Waals surface area contributed by atoms with Gasteiger partial charge in [-0.3, -0.25) is 0 Å². The van der Waals surface area contributed by atoms with Crippen molar-refractivity contribution in [3.63, 3.8) is 0 Å². The largest absolute Gasteiger partial charge is 0.389 e. The molecule has 0 aliphatic heterocycles. The Morgan fingerprint density at radius 3 is 2.79 bits per heavy atom. The molecule has 1 fully saturated rings. The van der Waals surface area contributed by atoms with Gasteiger partial charge in [0, 0.05) is 16.9 Å². The van der Waals surface area contributed by atoms with Crippen molar-refractivity contribution in [2.75, 3.05) is 11.6 Å². The molecule has 2 rings (SSSR count). The summed E-state index contributed by atoms with van der Waals surface area (Å²) in [5.41, 5.74) is 6.62. The molecule has 2 atom stereocenters. The average Bonchev–Trinajstić information content (AvgIpc) is 2.41. The van der Waals surface area contributed by atoms with Crippen LogP contribution in [0.3, 0.4) is 0 Å². The standard InChI is InChI=1S/C14H19FN2S2/c1-19-13-5-3-2-4-12(13)17-11-7-6-9(14(16)18)8-10(11)15/h6-8,12-13,17H,2-5H2,1H3,(H2,16,18). The van der Waals surface area contributed by atoms with E-state index in [9.17, 15) is 4.39 Å². The minimum atomic E-state index is -0.282. The molecule has 1 aromatic rings. The van der Waals surface area contributed by atoms with E-state index in [2.05, 4.69) is 11.6 Å². The Morgan fingerprint density at radius 2 is 2.16 bits per heavy atom. The number of anilines is 1. The highest BCUT2D eigenvalue weighted by Crippen LogP contribution is 2.30. The fourth-order valence-electron chi connectivity index (χ4n) is 2.53. The molecule has 1 aromatic carbocycles. The Hall–Kier alpha value is -0.810. The Balaban J connectivity index is 2.11. The van der Waals surface area contributed by atoms with Crippen molar-refractivity contribution >= 4 is 34.7 Å². The van der Waals surface area contributed by atoms with Gasteiger partial charge in [-0.25, -0.2) is 4.39 Å². The Morgan fingerprint density at radius 1 is 1.42 bits per heavy atom. The third kappa shape index (κ3) is 3.60. The van der Waals surface area contributed by atoms with Gasteiger partial charge in [0.05, 0.1) is 5.69 Å². The number of benzene rings is 1. The van der Waals surface area contributed by atoms with Crippen molar-refractivity contribution < 1.29 is 4.39 Å². The van der Waals surface area contributed by atoms with Crippen LogP contribution < -0.4 is 11.1 Å². The Bertz CT molecular complexity index is 465. The lowest BCUT2D eigenvalue weighted by Crippen LogP contribution is -2.34. The van der Waals surface area contributed by atoms with Crippen LogP contribution in [0.5, 0.6) is 0 Å². The molecular formula is C14H19FN2S2. The maximum atomic E-state index is 14.0. The summed E-state index contributed by atoms with van der Waals surface area (Å²) in [5, 5.41) is 3.90. The average molecular weight is 298 g/mol. The lowest BCUT2D eigenvalue weighted by atomic mass is 9.94. The highest BCUT2D eigenvalue weighted by Gasteiger charge is 2.24. The molecule has 0 spiro atoms.